The van der Waals surface area contributed by atoms with Crippen LogP contribution in [0, 0.1) is 0 Å². The van der Waals surface area contributed by atoms with Crippen LogP contribution in [0.4, 0.5) is 0 Å². The van der Waals surface area contributed by atoms with Crippen molar-refractivity contribution in [1.29, 1.82) is 0 Å². The van der Waals surface area contributed by atoms with Crippen molar-refractivity contribution in [2.75, 3.05) is 26.4 Å². The Morgan fingerprint density at radius 1 is 0.517 bits per heavy atom. The number of carbonyl (C=O) groups excluding carboxylic acids is 2. The van der Waals surface area contributed by atoms with Crippen LogP contribution in [-0.2, 0) is 32.7 Å². The Morgan fingerprint density at radius 2 is 0.917 bits per heavy atom. The van der Waals surface area contributed by atoms with Gasteiger partial charge in [-0.15, -0.1) is 0 Å². The van der Waals surface area contributed by atoms with E-state index in [2.05, 4.69) is 79.1 Å². The molecule has 11 heteroatoms. The maximum atomic E-state index is 12.6. The van der Waals surface area contributed by atoms with Crippen LogP contribution in [0.1, 0.15) is 187 Å². The Bertz CT molecular complexity index is 1220. The molecule has 346 valence electrons. The Balaban J connectivity index is 4.36. The van der Waals surface area contributed by atoms with Gasteiger partial charge in [-0.2, -0.15) is 0 Å². The Morgan fingerprint density at radius 3 is 1.35 bits per heavy atom. The van der Waals surface area contributed by atoms with Crippen LogP contribution in [0.5, 0.6) is 0 Å². The summed E-state index contributed by atoms with van der Waals surface area (Å²) in [6, 6.07) is 0. The highest BCUT2D eigenvalue weighted by molar-refractivity contribution is 7.47. The number of aliphatic hydroxyl groups excluding tert-OH is 2. The highest BCUT2D eigenvalue weighted by atomic mass is 31.2. The van der Waals surface area contributed by atoms with E-state index in [0.717, 1.165) is 57.8 Å². The maximum Gasteiger partial charge on any atom is 0.472 e. The average molecular weight is 865 g/mol. The summed E-state index contributed by atoms with van der Waals surface area (Å²) in [6.45, 7) is 2.19. The first-order valence-electron chi connectivity index (χ1n) is 23.4. The van der Waals surface area contributed by atoms with Crippen LogP contribution < -0.4 is 0 Å². The third kappa shape index (κ3) is 43.5. The zero-order chi connectivity index (χ0) is 44.0. The molecule has 0 bridgehead atoms. The van der Waals surface area contributed by atoms with E-state index in [1.165, 1.54) is 89.9 Å². The molecule has 0 aromatic rings. The van der Waals surface area contributed by atoms with Gasteiger partial charge in [-0.3, -0.25) is 18.6 Å². The second-order valence-corrected chi connectivity index (χ2v) is 16.9. The molecule has 60 heavy (non-hydrogen) atoms. The number of ether oxygens (including phenoxy) is 2. The van der Waals surface area contributed by atoms with Crippen molar-refractivity contribution in [2.24, 2.45) is 0 Å². The lowest BCUT2D eigenvalue weighted by atomic mass is 10.0. The largest absolute Gasteiger partial charge is 0.472 e. The van der Waals surface area contributed by atoms with E-state index in [4.69, 9.17) is 19.1 Å². The van der Waals surface area contributed by atoms with Crippen LogP contribution in [0.25, 0.3) is 0 Å². The number of rotatable bonds is 43. The molecule has 0 aliphatic heterocycles. The van der Waals surface area contributed by atoms with Crippen LogP contribution in [0.2, 0.25) is 0 Å². The van der Waals surface area contributed by atoms with E-state index in [1.54, 1.807) is 0 Å². The topological polar surface area (TPSA) is 149 Å². The summed E-state index contributed by atoms with van der Waals surface area (Å²) < 4.78 is 32.7. The molecule has 3 atom stereocenters. The van der Waals surface area contributed by atoms with E-state index in [9.17, 15) is 24.2 Å². The molecule has 0 aromatic carbocycles. The van der Waals surface area contributed by atoms with Crippen molar-refractivity contribution in [1.82, 2.24) is 0 Å². The van der Waals surface area contributed by atoms with Crippen molar-refractivity contribution in [2.45, 2.75) is 199 Å². The smallest absolute Gasteiger partial charge is 0.462 e. The molecule has 0 spiro atoms. The highest BCUT2D eigenvalue weighted by Crippen LogP contribution is 2.43. The summed E-state index contributed by atoms with van der Waals surface area (Å²) in [5.41, 5.74) is 0. The van der Waals surface area contributed by atoms with Crippen molar-refractivity contribution < 1.29 is 47.8 Å². The summed E-state index contributed by atoms with van der Waals surface area (Å²) in [6.07, 6.45) is 51.7. The number of hydrogen-bond acceptors (Lipinski definition) is 9. The minimum absolute atomic E-state index is 0.0574. The van der Waals surface area contributed by atoms with Gasteiger partial charge < -0.3 is 24.6 Å². The summed E-state index contributed by atoms with van der Waals surface area (Å²) in [5.74, 6) is -1.02. The first-order valence-corrected chi connectivity index (χ1v) is 24.9. The zero-order valence-corrected chi connectivity index (χ0v) is 38.5. The fourth-order valence-electron chi connectivity index (χ4n) is 6.08. The molecule has 0 fully saturated rings. The fourth-order valence-corrected chi connectivity index (χ4v) is 6.87. The molecule has 0 aliphatic carbocycles. The molecule has 10 nitrogen and oxygen atoms in total. The summed E-state index contributed by atoms with van der Waals surface area (Å²) >= 11 is 0. The van der Waals surface area contributed by atoms with Gasteiger partial charge in [-0.05, 0) is 51.4 Å². The van der Waals surface area contributed by atoms with E-state index in [1.807, 2.05) is 12.2 Å². The highest BCUT2D eigenvalue weighted by Gasteiger charge is 2.27. The number of hydrogen-bond donors (Lipinski definition) is 3. The third-order valence-electron chi connectivity index (χ3n) is 9.64. The first-order chi connectivity index (χ1) is 29.2. The number of aliphatic hydroxyl groups is 2. The molecule has 0 radical (unpaired) electrons. The zero-order valence-electron chi connectivity index (χ0n) is 37.6. The maximum absolute atomic E-state index is 12.6. The second-order valence-electron chi connectivity index (χ2n) is 15.4. The first kappa shape index (κ1) is 57.4. The van der Waals surface area contributed by atoms with Crippen LogP contribution in [0.3, 0.4) is 0 Å². The minimum atomic E-state index is -4.64. The van der Waals surface area contributed by atoms with Crippen molar-refractivity contribution in [3.05, 3.63) is 72.9 Å². The van der Waals surface area contributed by atoms with Gasteiger partial charge in [-0.1, -0.05) is 196 Å². The Kier molecular flexibility index (Phi) is 42.5. The van der Waals surface area contributed by atoms with Crippen molar-refractivity contribution >= 4 is 19.8 Å². The van der Waals surface area contributed by atoms with Crippen LogP contribution in [0.15, 0.2) is 72.9 Å². The van der Waals surface area contributed by atoms with Gasteiger partial charge in [0.05, 0.1) is 19.8 Å². The standard InChI is InChI=1S/C49H85O10P/c1-3-5-7-9-11-13-15-17-19-21-23-25-27-29-31-33-35-37-39-41-49(53)59-47(45-58-60(54,55)57-43-46(51)42-50)44-56-48(52)40-38-36-34-32-30-28-26-24-22-20-18-16-14-12-10-8-6-4-2/h5,7,11,13,17,19,23,25,29,31,35,37,46-47,50-51H,3-4,6,8-10,12,14-16,18,20-22,24,26-28,30,32-34,36,38-45H2,1-2H3,(H,54,55)/b7-5-,13-11-,19-17-,25-23-,31-29-,37-35-. The Labute approximate surface area is 365 Å². The van der Waals surface area contributed by atoms with Crippen LogP contribution in [-0.4, -0.2) is 65.7 Å². The molecule has 0 aromatic heterocycles. The van der Waals surface area contributed by atoms with E-state index in [-0.39, 0.29) is 19.4 Å². The molecule has 0 rings (SSSR count). The van der Waals surface area contributed by atoms with Gasteiger partial charge in [-0.25, -0.2) is 4.57 Å². The van der Waals surface area contributed by atoms with Gasteiger partial charge in [0.1, 0.15) is 12.7 Å². The molecule has 3 unspecified atom stereocenters. The molecule has 0 saturated heterocycles. The van der Waals surface area contributed by atoms with Crippen molar-refractivity contribution in [3.8, 4) is 0 Å². The quantitative estimate of drug-likeness (QED) is 0.0234. The molecule has 0 amide bonds. The number of esters is 2. The monoisotopic (exact) mass is 865 g/mol. The molecular formula is C49H85O10P. The van der Waals surface area contributed by atoms with Gasteiger partial charge in [0, 0.05) is 12.8 Å². The SMILES string of the molecule is CC/C=C\C/C=C\C/C=C\C/C=C\C/C=C\C/C=C\CCC(=O)OC(COC(=O)CCCCCCCCCCCCCCCCCCCC)COP(=O)(O)OCC(O)CO. The van der Waals surface area contributed by atoms with E-state index >= 15 is 0 Å². The second kappa shape index (κ2) is 44.5. The number of phosphoric acid groups is 1. The predicted molar refractivity (Wildman–Crippen MR) is 247 cm³/mol. The normalized spacial score (nSPS) is 14.4. The molecule has 3 N–H and O–H groups in total. The predicted octanol–water partition coefficient (Wildman–Crippen LogP) is 12.8. The summed E-state index contributed by atoms with van der Waals surface area (Å²) in [4.78, 5) is 35.0. The molecule has 0 heterocycles. The fraction of sp³-hybridized carbons (Fsp3) is 0.714. The van der Waals surface area contributed by atoms with Gasteiger partial charge in [0.25, 0.3) is 0 Å². The van der Waals surface area contributed by atoms with Gasteiger partial charge >= 0.3 is 19.8 Å². The number of phosphoric ester groups is 1. The molecule has 0 aliphatic rings. The lowest BCUT2D eigenvalue weighted by Crippen LogP contribution is -2.29. The number of allylic oxidation sites excluding steroid dienone is 12. The van der Waals surface area contributed by atoms with Crippen LogP contribution >= 0.6 is 7.82 Å². The lowest BCUT2D eigenvalue weighted by Gasteiger charge is -2.20. The summed E-state index contributed by atoms with van der Waals surface area (Å²) in [5, 5.41) is 18.4. The van der Waals surface area contributed by atoms with E-state index < -0.39 is 51.8 Å². The average Bonchev–Trinajstić information content (AvgIpc) is 3.24. The molecule has 0 saturated carbocycles. The lowest BCUT2D eigenvalue weighted by molar-refractivity contribution is -0.161. The van der Waals surface area contributed by atoms with E-state index in [0.29, 0.717) is 12.8 Å². The third-order valence-corrected chi connectivity index (χ3v) is 10.6. The molecular weight excluding hydrogens is 780 g/mol. The van der Waals surface area contributed by atoms with Gasteiger partial charge in [0.15, 0.2) is 6.10 Å². The minimum Gasteiger partial charge on any atom is -0.462 e. The summed E-state index contributed by atoms with van der Waals surface area (Å²) in [7, 11) is -4.64. The Hall–Kier alpha value is -2.59. The van der Waals surface area contributed by atoms with Gasteiger partial charge in [0.2, 0.25) is 0 Å². The van der Waals surface area contributed by atoms with Crippen molar-refractivity contribution in [3.63, 3.8) is 0 Å². The number of carbonyl (C=O) groups is 2. The number of unbranched alkanes of at least 4 members (excludes halogenated alkanes) is 17.